The highest BCUT2D eigenvalue weighted by molar-refractivity contribution is 6.36. The molecule has 8 nitrogen and oxygen atoms in total. The van der Waals surface area contributed by atoms with E-state index >= 15 is 0 Å². The zero-order chi connectivity index (χ0) is 34.0. The quantitative estimate of drug-likeness (QED) is 0.101. The molecule has 0 aliphatic rings. The Hall–Kier alpha value is -5.05. The van der Waals surface area contributed by atoms with Crippen molar-refractivity contribution < 1.29 is 24.5 Å². The maximum atomic E-state index is 13.3. The molecule has 0 bridgehead atoms. The molecule has 5 aromatic rings. The molecule has 1 heterocycles. The molecule has 5 rings (SSSR count). The lowest BCUT2D eigenvalue weighted by Gasteiger charge is -2.20. The second kappa shape index (κ2) is 16.2. The number of carboxylic acid groups (broad SMARTS) is 1. The minimum atomic E-state index is -0.973. The zero-order valence-electron chi connectivity index (χ0n) is 26.3. The number of hydrogen-bond donors (Lipinski definition) is 3. The topological polar surface area (TPSA) is 114 Å². The fraction of sp³-hybridized carbons (Fsp3) is 0.184. The van der Waals surface area contributed by atoms with Crippen molar-refractivity contribution in [1.82, 2.24) is 14.9 Å². The van der Waals surface area contributed by atoms with E-state index in [2.05, 4.69) is 16.8 Å². The van der Waals surface area contributed by atoms with Crippen molar-refractivity contribution in [3.63, 3.8) is 0 Å². The van der Waals surface area contributed by atoms with Crippen molar-refractivity contribution in [1.29, 1.82) is 0 Å². The Morgan fingerprint density at radius 3 is 2.33 bits per heavy atom. The number of phenols is 1. The summed E-state index contributed by atoms with van der Waals surface area (Å²) < 4.78 is 8.01. The molecule has 0 saturated carbocycles. The number of phenolic OH excluding ortho intramolecular Hbond substituents is 1. The maximum Gasteiger partial charge on any atom is 0.335 e. The van der Waals surface area contributed by atoms with E-state index in [0.29, 0.717) is 40.3 Å². The highest BCUT2D eigenvalue weighted by Gasteiger charge is 2.23. The number of halogens is 2. The number of nitrogens with zero attached hydrogens (tertiary/aromatic N) is 2. The van der Waals surface area contributed by atoms with Crippen LogP contribution in [0.25, 0.3) is 17.3 Å². The summed E-state index contributed by atoms with van der Waals surface area (Å²) in [5.74, 6) is 0.235. The van der Waals surface area contributed by atoms with Crippen LogP contribution in [0.3, 0.4) is 0 Å². The number of rotatable bonds is 14. The molecule has 10 heteroatoms. The van der Waals surface area contributed by atoms with Crippen LogP contribution >= 0.6 is 23.2 Å². The summed E-state index contributed by atoms with van der Waals surface area (Å²) in [7, 11) is 0. The van der Waals surface area contributed by atoms with Crippen LogP contribution in [-0.2, 0) is 24.4 Å². The number of hydrogen-bond acceptors (Lipinski definition) is 5. The standard InChI is InChI=1S/C38H35Cl2N3O5/c1-2-3-20-43-23-35(32-18-13-29(39)22-33(32)40)42-37(43)34(41-36(45)19-10-25-6-14-30(44)15-7-25)21-26-8-16-31(17-9-26)48-24-27-4-11-28(12-5-27)38(46)47/h4-19,22-23,34,44H,2-3,20-21,24H2,1H3,(H,41,45)(H,46,47)/b19-10+/t34-/m0/s1. The van der Waals surface area contributed by atoms with E-state index in [-0.39, 0.29) is 23.8 Å². The third-order valence-corrected chi connectivity index (χ3v) is 8.23. The van der Waals surface area contributed by atoms with Crippen molar-refractivity contribution in [2.75, 3.05) is 0 Å². The minimum absolute atomic E-state index is 0.151. The van der Waals surface area contributed by atoms with Gasteiger partial charge < -0.3 is 24.8 Å². The Morgan fingerprint density at radius 1 is 0.958 bits per heavy atom. The van der Waals surface area contributed by atoms with Crippen LogP contribution in [0.4, 0.5) is 0 Å². The maximum absolute atomic E-state index is 13.3. The number of unbranched alkanes of at least 4 members (excludes halogenated alkanes) is 1. The highest BCUT2D eigenvalue weighted by atomic mass is 35.5. The molecule has 0 radical (unpaired) electrons. The number of aromatic hydroxyl groups is 1. The average molecular weight is 685 g/mol. The molecular formula is C38H35Cl2N3O5. The normalized spacial score (nSPS) is 11.8. The Kier molecular flexibility index (Phi) is 11.6. The number of carbonyl (C=O) groups is 2. The molecule has 0 spiro atoms. The minimum Gasteiger partial charge on any atom is -0.508 e. The van der Waals surface area contributed by atoms with Gasteiger partial charge >= 0.3 is 5.97 Å². The lowest BCUT2D eigenvalue weighted by atomic mass is 10.0. The average Bonchev–Trinajstić information content (AvgIpc) is 3.50. The lowest BCUT2D eigenvalue weighted by molar-refractivity contribution is -0.117. The second-order valence-electron chi connectivity index (χ2n) is 11.3. The zero-order valence-corrected chi connectivity index (χ0v) is 27.8. The molecule has 48 heavy (non-hydrogen) atoms. The number of carbonyl (C=O) groups excluding carboxylic acids is 1. The SMILES string of the molecule is CCCCn1cc(-c2ccc(Cl)cc2Cl)nc1[C@H](Cc1ccc(OCc2ccc(C(=O)O)cc2)cc1)NC(=O)/C=C/c1ccc(O)cc1. The first-order chi connectivity index (χ1) is 23.2. The number of carboxylic acids is 1. The van der Waals surface area contributed by atoms with Crippen LogP contribution in [-0.4, -0.2) is 31.6 Å². The summed E-state index contributed by atoms with van der Waals surface area (Å²) in [5, 5.41) is 22.9. The molecule has 0 saturated heterocycles. The summed E-state index contributed by atoms with van der Waals surface area (Å²) in [6.07, 6.45) is 7.47. The van der Waals surface area contributed by atoms with E-state index in [0.717, 1.165) is 35.1 Å². The van der Waals surface area contributed by atoms with E-state index in [1.807, 2.05) is 36.5 Å². The van der Waals surface area contributed by atoms with Crippen molar-refractivity contribution >= 4 is 41.2 Å². The number of aromatic carboxylic acids is 1. The summed E-state index contributed by atoms with van der Waals surface area (Å²) in [6, 6.07) is 25.6. The van der Waals surface area contributed by atoms with E-state index in [9.17, 15) is 14.7 Å². The van der Waals surface area contributed by atoms with E-state index < -0.39 is 12.0 Å². The van der Waals surface area contributed by atoms with Crippen molar-refractivity contribution in [3.8, 4) is 22.8 Å². The Bertz CT molecular complexity index is 1890. The molecule has 0 unspecified atom stereocenters. The lowest BCUT2D eigenvalue weighted by Crippen LogP contribution is -2.30. The van der Waals surface area contributed by atoms with Gasteiger partial charge in [-0.25, -0.2) is 9.78 Å². The van der Waals surface area contributed by atoms with Gasteiger partial charge in [0, 0.05) is 29.4 Å². The summed E-state index contributed by atoms with van der Waals surface area (Å²) in [4.78, 5) is 29.4. The second-order valence-corrected chi connectivity index (χ2v) is 12.1. The number of aryl methyl sites for hydroxylation is 1. The van der Waals surface area contributed by atoms with Crippen molar-refractivity contribution in [2.24, 2.45) is 0 Å². The van der Waals surface area contributed by atoms with Crippen LogP contribution in [0.2, 0.25) is 10.0 Å². The van der Waals surface area contributed by atoms with Gasteiger partial charge in [-0.15, -0.1) is 0 Å². The molecule has 1 aromatic heterocycles. The first kappa shape index (κ1) is 34.3. The van der Waals surface area contributed by atoms with Gasteiger partial charge in [0.25, 0.3) is 0 Å². The molecule has 1 atom stereocenters. The Balaban J connectivity index is 1.39. The Morgan fingerprint density at radius 2 is 1.67 bits per heavy atom. The number of nitrogens with one attached hydrogen (secondary N) is 1. The number of benzene rings is 4. The first-order valence-electron chi connectivity index (χ1n) is 15.5. The molecule has 0 fully saturated rings. The monoisotopic (exact) mass is 683 g/mol. The number of amides is 1. The van der Waals surface area contributed by atoms with Gasteiger partial charge in [0.2, 0.25) is 5.91 Å². The predicted molar refractivity (Wildman–Crippen MR) is 188 cm³/mol. The van der Waals surface area contributed by atoms with Gasteiger partial charge in [-0.2, -0.15) is 0 Å². The molecule has 1 amide bonds. The Labute approximate surface area is 289 Å². The third kappa shape index (κ3) is 9.27. The van der Waals surface area contributed by atoms with Gasteiger partial charge in [0.1, 0.15) is 23.9 Å². The number of imidazole rings is 1. The van der Waals surface area contributed by atoms with Gasteiger partial charge in [0.05, 0.1) is 22.3 Å². The van der Waals surface area contributed by atoms with Gasteiger partial charge in [-0.3, -0.25) is 4.79 Å². The van der Waals surface area contributed by atoms with Gasteiger partial charge in [0.15, 0.2) is 0 Å². The van der Waals surface area contributed by atoms with Crippen LogP contribution in [0.5, 0.6) is 11.5 Å². The third-order valence-electron chi connectivity index (χ3n) is 7.69. The van der Waals surface area contributed by atoms with E-state index in [4.69, 9.17) is 38.0 Å². The highest BCUT2D eigenvalue weighted by Crippen LogP contribution is 2.32. The van der Waals surface area contributed by atoms with Crippen LogP contribution in [0.1, 0.15) is 58.7 Å². The first-order valence-corrected chi connectivity index (χ1v) is 16.3. The number of ether oxygens (including phenoxy) is 1. The van der Waals surface area contributed by atoms with Crippen LogP contribution in [0, 0.1) is 0 Å². The molecular weight excluding hydrogens is 649 g/mol. The van der Waals surface area contributed by atoms with Crippen molar-refractivity contribution in [2.45, 2.75) is 45.4 Å². The van der Waals surface area contributed by atoms with Gasteiger partial charge in [-0.1, -0.05) is 72.9 Å². The smallest absolute Gasteiger partial charge is 0.335 e. The van der Waals surface area contributed by atoms with Gasteiger partial charge in [-0.05, 0) is 90.2 Å². The fourth-order valence-corrected chi connectivity index (χ4v) is 5.60. The fourth-order valence-electron chi connectivity index (χ4n) is 5.09. The number of aromatic nitrogens is 2. The van der Waals surface area contributed by atoms with Crippen LogP contribution < -0.4 is 10.1 Å². The summed E-state index contributed by atoms with van der Waals surface area (Å²) in [5.41, 5.74) is 4.23. The largest absolute Gasteiger partial charge is 0.508 e. The summed E-state index contributed by atoms with van der Waals surface area (Å²) >= 11 is 12.7. The summed E-state index contributed by atoms with van der Waals surface area (Å²) in [6.45, 7) is 3.12. The molecule has 3 N–H and O–H groups in total. The van der Waals surface area contributed by atoms with E-state index in [1.165, 1.54) is 6.08 Å². The van der Waals surface area contributed by atoms with Crippen LogP contribution in [0.15, 0.2) is 103 Å². The van der Waals surface area contributed by atoms with E-state index in [1.54, 1.807) is 66.7 Å². The predicted octanol–water partition coefficient (Wildman–Crippen LogP) is 8.75. The van der Waals surface area contributed by atoms with Crippen molar-refractivity contribution in [3.05, 3.63) is 141 Å². The molecule has 0 aliphatic heterocycles. The molecule has 0 aliphatic carbocycles. The molecule has 4 aromatic carbocycles. The molecule has 246 valence electrons.